The zero-order valence-electron chi connectivity index (χ0n) is 12.4. The second-order valence-corrected chi connectivity index (χ2v) is 6.17. The first-order valence-electron chi connectivity index (χ1n) is 6.68. The highest BCUT2D eigenvalue weighted by atomic mass is 35.5. The van der Waals surface area contributed by atoms with E-state index in [4.69, 9.17) is 21.2 Å². The van der Waals surface area contributed by atoms with E-state index in [0.717, 1.165) is 18.1 Å². The summed E-state index contributed by atoms with van der Waals surface area (Å²) in [7, 11) is 0. The molecule has 1 atom stereocenters. The average Bonchev–Trinajstić information content (AvgIpc) is 2.87. The fourth-order valence-electron chi connectivity index (χ4n) is 1.82. The van der Waals surface area contributed by atoms with Gasteiger partial charge >= 0.3 is 6.18 Å². The van der Waals surface area contributed by atoms with E-state index in [0.29, 0.717) is 5.03 Å². The maximum Gasteiger partial charge on any atom is 0.433 e. The molecule has 23 heavy (non-hydrogen) atoms. The Balaban J connectivity index is 2.23. The fourth-order valence-corrected chi connectivity index (χ4v) is 2.95. The third-order valence-corrected chi connectivity index (χ3v) is 4.39. The zero-order chi connectivity index (χ0) is 17.1. The minimum atomic E-state index is -4.58. The molecule has 0 spiro atoms. The molecule has 1 N–H and O–H groups in total. The van der Waals surface area contributed by atoms with Crippen LogP contribution in [-0.4, -0.2) is 28.1 Å². The number of nitrogens with zero attached hydrogens (tertiary/aromatic N) is 2. The Kier molecular flexibility index (Phi) is 5.64. The number of aromatic nitrogens is 2. The van der Waals surface area contributed by atoms with Gasteiger partial charge in [-0.05, 0) is 19.9 Å². The normalized spacial score (nSPS) is 21.0. The highest BCUT2D eigenvalue weighted by Crippen LogP contribution is 2.37. The summed E-state index contributed by atoms with van der Waals surface area (Å²) in [6.07, 6.45) is -2.01. The van der Waals surface area contributed by atoms with Crippen molar-refractivity contribution < 1.29 is 22.7 Å². The molecular weight excluding hydrogens is 355 g/mol. The van der Waals surface area contributed by atoms with Gasteiger partial charge in [0.15, 0.2) is 5.69 Å². The van der Waals surface area contributed by atoms with Crippen molar-refractivity contribution in [3.63, 3.8) is 0 Å². The Morgan fingerprint density at radius 1 is 1.43 bits per heavy atom. The van der Waals surface area contributed by atoms with Gasteiger partial charge in [0.25, 0.3) is 0 Å². The molecule has 5 nitrogen and oxygen atoms in total. The summed E-state index contributed by atoms with van der Waals surface area (Å²) < 4.78 is 44.6. The highest BCUT2D eigenvalue weighted by molar-refractivity contribution is 8.02. The Bertz CT molecular complexity index is 600. The number of hydrogen-bond acceptors (Lipinski definition) is 6. The summed E-state index contributed by atoms with van der Waals surface area (Å²) in [5.74, 6) is 0.129. The predicted molar refractivity (Wildman–Crippen MR) is 80.9 cm³/mol. The topological polar surface area (TPSA) is 56.3 Å². The molecule has 0 fully saturated rings. The van der Waals surface area contributed by atoms with Gasteiger partial charge in [-0.25, -0.2) is 9.97 Å². The van der Waals surface area contributed by atoms with Crippen LogP contribution < -0.4 is 10.2 Å². The van der Waals surface area contributed by atoms with E-state index in [2.05, 4.69) is 15.4 Å². The summed E-state index contributed by atoms with van der Waals surface area (Å²) in [6, 6.07) is 0. The molecule has 0 aromatic carbocycles. The van der Waals surface area contributed by atoms with Crippen molar-refractivity contribution in [3.05, 3.63) is 28.7 Å². The van der Waals surface area contributed by atoms with Crippen molar-refractivity contribution in [3.8, 4) is 5.88 Å². The molecule has 1 unspecified atom stereocenters. The van der Waals surface area contributed by atoms with Gasteiger partial charge in [0.2, 0.25) is 5.88 Å². The number of hydrogen-bond donors (Lipinski definition) is 1. The van der Waals surface area contributed by atoms with Crippen LogP contribution in [0.4, 0.5) is 13.2 Å². The Morgan fingerprint density at radius 3 is 2.74 bits per heavy atom. The number of hydroxylamine groups is 1. The van der Waals surface area contributed by atoms with E-state index in [-0.39, 0.29) is 29.7 Å². The molecular formula is C13H15ClF3N3O2S. The minimum absolute atomic E-state index is 0.0222. The molecule has 1 aliphatic heterocycles. The SMILES string of the molecule is CCOc1ncnc(C(F)(F)F)c1CSC1=CC(C)(CCl)ON1. The summed E-state index contributed by atoms with van der Waals surface area (Å²) in [5.41, 5.74) is 0.867. The number of thioether (sulfide) groups is 1. The van der Waals surface area contributed by atoms with Gasteiger partial charge < -0.3 is 4.74 Å². The summed E-state index contributed by atoms with van der Waals surface area (Å²) >= 11 is 6.91. The van der Waals surface area contributed by atoms with Crippen LogP contribution in [0.3, 0.4) is 0 Å². The van der Waals surface area contributed by atoms with Crippen molar-refractivity contribution in [1.29, 1.82) is 0 Å². The molecule has 0 bridgehead atoms. The first-order chi connectivity index (χ1) is 10.8. The van der Waals surface area contributed by atoms with Gasteiger partial charge in [-0.15, -0.1) is 23.4 Å². The molecule has 128 valence electrons. The quantitative estimate of drug-likeness (QED) is 0.774. The summed E-state index contributed by atoms with van der Waals surface area (Å²) in [5, 5.41) is 0.576. The van der Waals surface area contributed by atoms with Gasteiger partial charge in [-0.1, -0.05) is 0 Å². The fraction of sp³-hybridized carbons (Fsp3) is 0.538. The van der Waals surface area contributed by atoms with Crippen LogP contribution in [0.25, 0.3) is 0 Å². The van der Waals surface area contributed by atoms with Crippen molar-refractivity contribution in [2.45, 2.75) is 31.4 Å². The molecule has 0 aliphatic carbocycles. The molecule has 1 aliphatic rings. The van der Waals surface area contributed by atoms with Crippen LogP contribution >= 0.6 is 23.4 Å². The van der Waals surface area contributed by atoms with E-state index in [1.807, 2.05) is 0 Å². The van der Waals surface area contributed by atoms with Crippen LogP contribution in [0.15, 0.2) is 17.4 Å². The van der Waals surface area contributed by atoms with E-state index < -0.39 is 17.5 Å². The standard InChI is InChI=1S/C13H15ClF3N3O2S/c1-3-21-11-8(10(13(15,16)17)18-7-19-11)5-23-9-4-12(2,6-14)22-20-9/h4,7,20H,3,5-6H2,1-2H3. The van der Waals surface area contributed by atoms with Crippen LogP contribution in [0.5, 0.6) is 5.88 Å². The van der Waals surface area contributed by atoms with Crippen molar-refractivity contribution in [2.24, 2.45) is 0 Å². The Hall–Kier alpha value is -1.19. The first kappa shape index (κ1) is 18.2. The average molecular weight is 370 g/mol. The monoisotopic (exact) mass is 369 g/mol. The first-order valence-corrected chi connectivity index (χ1v) is 8.20. The minimum Gasteiger partial charge on any atom is -0.478 e. The van der Waals surface area contributed by atoms with Gasteiger partial charge in [0.1, 0.15) is 11.9 Å². The van der Waals surface area contributed by atoms with E-state index in [1.165, 1.54) is 0 Å². The molecule has 2 heterocycles. The van der Waals surface area contributed by atoms with Crippen LogP contribution in [0, 0.1) is 0 Å². The summed E-state index contributed by atoms with van der Waals surface area (Å²) in [4.78, 5) is 12.4. The predicted octanol–water partition coefficient (Wildman–Crippen LogP) is 3.50. The lowest BCUT2D eigenvalue weighted by Gasteiger charge is -2.15. The van der Waals surface area contributed by atoms with Crippen molar-refractivity contribution in [2.75, 3.05) is 12.5 Å². The second kappa shape index (κ2) is 7.14. The summed E-state index contributed by atoms with van der Waals surface area (Å²) in [6.45, 7) is 3.65. The number of ether oxygens (including phenoxy) is 1. The maximum atomic E-state index is 13.1. The van der Waals surface area contributed by atoms with Crippen molar-refractivity contribution >= 4 is 23.4 Å². The third-order valence-electron chi connectivity index (χ3n) is 2.91. The van der Waals surface area contributed by atoms with E-state index >= 15 is 0 Å². The van der Waals surface area contributed by atoms with Gasteiger partial charge in [0, 0.05) is 5.75 Å². The number of rotatable bonds is 6. The molecule has 0 radical (unpaired) electrons. The number of halogens is 4. The van der Waals surface area contributed by atoms with Crippen LogP contribution in [0.2, 0.25) is 0 Å². The molecule has 0 saturated carbocycles. The maximum absolute atomic E-state index is 13.1. The van der Waals surface area contributed by atoms with Crippen LogP contribution in [0.1, 0.15) is 25.1 Å². The molecule has 1 aromatic heterocycles. The van der Waals surface area contributed by atoms with Gasteiger partial charge in [-0.3, -0.25) is 10.3 Å². The number of alkyl halides is 4. The third kappa shape index (κ3) is 4.42. The lowest BCUT2D eigenvalue weighted by molar-refractivity contribution is -0.141. The smallest absolute Gasteiger partial charge is 0.433 e. The van der Waals surface area contributed by atoms with Gasteiger partial charge in [-0.2, -0.15) is 13.2 Å². The second-order valence-electron chi connectivity index (χ2n) is 4.88. The highest BCUT2D eigenvalue weighted by Gasteiger charge is 2.37. The van der Waals surface area contributed by atoms with Gasteiger partial charge in [0.05, 0.1) is 23.1 Å². The molecule has 2 rings (SSSR count). The lowest BCUT2D eigenvalue weighted by atomic mass is 10.1. The largest absolute Gasteiger partial charge is 0.478 e. The lowest BCUT2D eigenvalue weighted by Crippen LogP contribution is -2.27. The van der Waals surface area contributed by atoms with Crippen molar-refractivity contribution in [1.82, 2.24) is 15.4 Å². The molecule has 0 saturated heterocycles. The van der Waals surface area contributed by atoms with E-state index in [1.54, 1.807) is 19.9 Å². The Morgan fingerprint density at radius 2 is 2.17 bits per heavy atom. The molecule has 0 amide bonds. The molecule has 10 heteroatoms. The zero-order valence-corrected chi connectivity index (χ0v) is 14.0. The number of nitrogens with one attached hydrogen (secondary N) is 1. The Labute approximate surface area is 140 Å². The molecule has 1 aromatic rings. The van der Waals surface area contributed by atoms with Crippen LogP contribution in [-0.2, 0) is 16.8 Å². The van der Waals surface area contributed by atoms with E-state index in [9.17, 15) is 13.2 Å².